The molecular weight excluding hydrogens is 252 g/mol. The number of nitrogens with two attached hydrogens (primary N) is 1. The molecule has 108 valence electrons. The Morgan fingerprint density at radius 3 is 2.74 bits per heavy atom. The Hall–Kier alpha value is -0.380. The summed E-state index contributed by atoms with van der Waals surface area (Å²) in [6.45, 7) is 12.7. The third kappa shape index (κ3) is 2.88. The van der Waals surface area contributed by atoms with Crippen molar-refractivity contribution < 1.29 is 0 Å². The molecule has 2 heterocycles. The largest absolute Gasteiger partial charge is 0.326 e. The van der Waals surface area contributed by atoms with Crippen LogP contribution in [0.4, 0.5) is 0 Å². The highest BCUT2D eigenvalue weighted by Gasteiger charge is 2.39. The summed E-state index contributed by atoms with van der Waals surface area (Å²) in [5.74, 6) is 0. The van der Waals surface area contributed by atoms with Gasteiger partial charge >= 0.3 is 0 Å². The van der Waals surface area contributed by atoms with E-state index < -0.39 is 0 Å². The highest BCUT2D eigenvalue weighted by atomic mass is 32.1. The molecule has 0 saturated heterocycles. The van der Waals surface area contributed by atoms with Crippen molar-refractivity contribution >= 4 is 11.3 Å². The fourth-order valence-electron chi connectivity index (χ4n) is 3.52. The van der Waals surface area contributed by atoms with Gasteiger partial charge in [-0.05, 0) is 42.2 Å². The normalized spacial score (nSPS) is 24.0. The van der Waals surface area contributed by atoms with E-state index >= 15 is 0 Å². The summed E-state index contributed by atoms with van der Waals surface area (Å²) in [5.41, 5.74) is 8.19. The number of fused-ring (bicyclic) bond motifs is 1. The van der Waals surface area contributed by atoms with Gasteiger partial charge in [-0.2, -0.15) is 0 Å². The van der Waals surface area contributed by atoms with E-state index in [-0.39, 0.29) is 11.5 Å². The first kappa shape index (κ1) is 15.0. The lowest BCUT2D eigenvalue weighted by Gasteiger charge is -2.48. The topological polar surface area (TPSA) is 29.3 Å². The van der Waals surface area contributed by atoms with Gasteiger partial charge in [-0.25, -0.2) is 0 Å². The standard InChI is InChI=1S/C16H28N2S/c1-6-13(17)15(16(3,4)5)18-9-7-14-12(11(18)2)8-10-19-14/h8,10-11,13,15H,6-7,9,17H2,1-5H3. The summed E-state index contributed by atoms with van der Waals surface area (Å²) >= 11 is 1.91. The first-order valence-corrected chi connectivity index (χ1v) is 8.31. The molecule has 3 atom stereocenters. The molecule has 1 aliphatic rings. The Bertz CT molecular complexity index is 419. The van der Waals surface area contributed by atoms with Crippen LogP contribution in [-0.4, -0.2) is 23.5 Å². The molecule has 3 unspecified atom stereocenters. The second-order valence-electron chi connectivity index (χ2n) is 6.85. The maximum atomic E-state index is 6.45. The highest BCUT2D eigenvalue weighted by molar-refractivity contribution is 7.10. The minimum Gasteiger partial charge on any atom is -0.326 e. The van der Waals surface area contributed by atoms with Crippen molar-refractivity contribution in [3.05, 3.63) is 21.9 Å². The van der Waals surface area contributed by atoms with Crippen LogP contribution in [0.2, 0.25) is 0 Å². The Labute approximate surface area is 122 Å². The smallest absolute Gasteiger partial charge is 0.0334 e. The Balaban J connectivity index is 2.29. The van der Waals surface area contributed by atoms with E-state index in [9.17, 15) is 0 Å². The summed E-state index contributed by atoms with van der Waals surface area (Å²) < 4.78 is 0. The van der Waals surface area contributed by atoms with Gasteiger partial charge in [0.25, 0.3) is 0 Å². The quantitative estimate of drug-likeness (QED) is 0.912. The second kappa shape index (κ2) is 5.55. The van der Waals surface area contributed by atoms with Crippen LogP contribution in [-0.2, 0) is 6.42 Å². The van der Waals surface area contributed by atoms with Crippen LogP contribution in [0.25, 0.3) is 0 Å². The van der Waals surface area contributed by atoms with Crippen molar-refractivity contribution in [1.82, 2.24) is 4.90 Å². The van der Waals surface area contributed by atoms with Gasteiger partial charge in [0.15, 0.2) is 0 Å². The molecule has 2 N–H and O–H groups in total. The summed E-state index contributed by atoms with van der Waals surface area (Å²) in [6, 6.07) is 3.49. The van der Waals surface area contributed by atoms with Crippen LogP contribution in [0.15, 0.2) is 11.4 Å². The summed E-state index contributed by atoms with van der Waals surface area (Å²) in [5, 5.41) is 2.23. The summed E-state index contributed by atoms with van der Waals surface area (Å²) in [4.78, 5) is 4.21. The van der Waals surface area contributed by atoms with Crippen molar-refractivity contribution in [2.45, 2.75) is 65.6 Å². The lowest BCUT2D eigenvalue weighted by molar-refractivity contribution is 0.0395. The van der Waals surface area contributed by atoms with Gasteiger partial charge in [0.05, 0.1) is 0 Å². The van der Waals surface area contributed by atoms with Gasteiger partial charge < -0.3 is 5.73 Å². The zero-order chi connectivity index (χ0) is 14.2. The van der Waals surface area contributed by atoms with Crippen LogP contribution < -0.4 is 5.73 Å². The third-order valence-corrected chi connectivity index (χ3v) is 5.44. The van der Waals surface area contributed by atoms with Crippen molar-refractivity contribution in [3.8, 4) is 0 Å². The molecule has 0 radical (unpaired) electrons. The molecule has 3 heteroatoms. The molecular formula is C16H28N2S. The van der Waals surface area contributed by atoms with Crippen LogP contribution in [0.5, 0.6) is 0 Å². The van der Waals surface area contributed by atoms with Crippen LogP contribution in [0.1, 0.15) is 57.5 Å². The van der Waals surface area contributed by atoms with Crippen LogP contribution >= 0.6 is 11.3 Å². The summed E-state index contributed by atoms with van der Waals surface area (Å²) in [6.07, 6.45) is 2.22. The first-order valence-electron chi connectivity index (χ1n) is 7.43. The number of nitrogens with zero attached hydrogens (tertiary/aromatic N) is 1. The molecule has 0 aliphatic carbocycles. The molecule has 19 heavy (non-hydrogen) atoms. The molecule has 2 rings (SSSR count). The Kier molecular flexibility index (Phi) is 4.38. The van der Waals surface area contributed by atoms with E-state index in [0.717, 1.165) is 13.0 Å². The molecule has 0 aromatic carbocycles. The number of hydrogen-bond acceptors (Lipinski definition) is 3. The van der Waals surface area contributed by atoms with Gasteiger partial charge in [-0.1, -0.05) is 27.7 Å². The maximum absolute atomic E-state index is 6.45. The van der Waals surface area contributed by atoms with Crippen LogP contribution in [0, 0.1) is 5.41 Å². The molecule has 0 amide bonds. The van der Waals surface area contributed by atoms with Gasteiger partial charge in [0, 0.05) is 29.5 Å². The monoisotopic (exact) mass is 280 g/mol. The molecule has 2 nitrogen and oxygen atoms in total. The van der Waals surface area contributed by atoms with Crippen molar-refractivity contribution in [3.63, 3.8) is 0 Å². The van der Waals surface area contributed by atoms with E-state index in [4.69, 9.17) is 5.73 Å². The first-order chi connectivity index (χ1) is 8.86. The van der Waals surface area contributed by atoms with Gasteiger partial charge in [0.2, 0.25) is 0 Å². The van der Waals surface area contributed by atoms with E-state index in [2.05, 4.69) is 51.0 Å². The Morgan fingerprint density at radius 1 is 1.47 bits per heavy atom. The highest BCUT2D eigenvalue weighted by Crippen LogP contribution is 2.39. The lowest BCUT2D eigenvalue weighted by Crippen LogP contribution is -2.56. The molecule has 1 aliphatic heterocycles. The maximum Gasteiger partial charge on any atom is 0.0334 e. The summed E-state index contributed by atoms with van der Waals surface area (Å²) in [7, 11) is 0. The third-order valence-electron chi connectivity index (χ3n) is 4.45. The average Bonchev–Trinajstić information content (AvgIpc) is 2.79. The number of thiophene rings is 1. The second-order valence-corrected chi connectivity index (χ2v) is 7.85. The van der Waals surface area contributed by atoms with Gasteiger partial charge in [-0.15, -0.1) is 11.3 Å². The Morgan fingerprint density at radius 2 is 2.16 bits per heavy atom. The SMILES string of the molecule is CCC(N)C(N1CCc2sccc2C1C)C(C)(C)C. The fraction of sp³-hybridized carbons (Fsp3) is 0.750. The minimum atomic E-state index is 0.219. The van der Waals surface area contributed by atoms with Gasteiger partial charge in [0.1, 0.15) is 0 Å². The minimum absolute atomic E-state index is 0.219. The molecule has 0 fully saturated rings. The number of hydrogen-bond donors (Lipinski definition) is 1. The predicted molar refractivity (Wildman–Crippen MR) is 84.7 cm³/mol. The lowest BCUT2D eigenvalue weighted by atomic mass is 9.78. The van der Waals surface area contributed by atoms with Crippen LogP contribution in [0.3, 0.4) is 0 Å². The molecule has 0 bridgehead atoms. The van der Waals surface area contributed by atoms with Crippen molar-refractivity contribution in [2.75, 3.05) is 6.54 Å². The zero-order valence-electron chi connectivity index (χ0n) is 12.9. The van der Waals surface area contributed by atoms with E-state index in [1.54, 1.807) is 4.88 Å². The molecule has 1 aromatic heterocycles. The van der Waals surface area contributed by atoms with Gasteiger partial charge in [-0.3, -0.25) is 4.90 Å². The molecule has 0 spiro atoms. The van der Waals surface area contributed by atoms with Crippen molar-refractivity contribution in [2.24, 2.45) is 11.1 Å². The molecule has 0 saturated carbocycles. The predicted octanol–water partition coefficient (Wildman–Crippen LogP) is 3.82. The number of rotatable bonds is 3. The average molecular weight is 280 g/mol. The fourth-order valence-corrected chi connectivity index (χ4v) is 4.48. The zero-order valence-corrected chi connectivity index (χ0v) is 13.8. The molecule has 1 aromatic rings. The van der Waals surface area contributed by atoms with E-state index in [0.29, 0.717) is 12.1 Å². The van der Waals surface area contributed by atoms with E-state index in [1.165, 1.54) is 12.0 Å². The van der Waals surface area contributed by atoms with E-state index in [1.807, 2.05) is 11.3 Å². The van der Waals surface area contributed by atoms with Crippen molar-refractivity contribution in [1.29, 1.82) is 0 Å².